The van der Waals surface area contributed by atoms with Gasteiger partial charge in [0, 0.05) is 15.7 Å². The van der Waals surface area contributed by atoms with Crippen LogP contribution in [0.3, 0.4) is 0 Å². The Hall–Kier alpha value is -4.84. The van der Waals surface area contributed by atoms with Crippen LogP contribution in [0.25, 0.3) is 0 Å². The van der Waals surface area contributed by atoms with Crippen LogP contribution in [0.4, 0.5) is 4.79 Å². The van der Waals surface area contributed by atoms with Gasteiger partial charge in [0.2, 0.25) is 0 Å². The van der Waals surface area contributed by atoms with Crippen LogP contribution in [0.1, 0.15) is 36.6 Å². The third kappa shape index (κ3) is 8.35. The van der Waals surface area contributed by atoms with Crippen LogP contribution in [0.5, 0.6) is 17.2 Å². The van der Waals surface area contributed by atoms with Crippen molar-refractivity contribution in [1.29, 1.82) is 0 Å². The van der Waals surface area contributed by atoms with Crippen LogP contribution >= 0.6 is 15.9 Å². The number of methoxy groups -OCH3 is 1. The molecule has 4 rings (SSSR count). The molecule has 3 aromatic rings. The van der Waals surface area contributed by atoms with Gasteiger partial charge in [-0.05, 0) is 55.3 Å². The molecule has 224 valence electrons. The fourth-order valence-corrected chi connectivity index (χ4v) is 4.62. The molecule has 0 unspecified atom stereocenters. The van der Waals surface area contributed by atoms with Crippen molar-refractivity contribution in [2.24, 2.45) is 5.10 Å². The third-order valence-electron chi connectivity index (χ3n) is 6.25. The van der Waals surface area contributed by atoms with Crippen molar-refractivity contribution in [3.05, 3.63) is 99.2 Å². The number of urea groups is 1. The van der Waals surface area contributed by atoms with E-state index in [2.05, 4.69) is 37.1 Å². The number of allylic oxidation sites excluding steroid dienone is 1. The number of hydrazone groups is 1. The van der Waals surface area contributed by atoms with Gasteiger partial charge in [-0.25, -0.2) is 15.0 Å². The summed E-state index contributed by atoms with van der Waals surface area (Å²) in [4.78, 5) is 37.3. The molecule has 0 fully saturated rings. The number of amides is 3. The lowest BCUT2D eigenvalue weighted by Crippen LogP contribution is -2.45. The minimum absolute atomic E-state index is 0.185. The van der Waals surface area contributed by atoms with Gasteiger partial charge in [0.25, 0.3) is 5.91 Å². The summed E-state index contributed by atoms with van der Waals surface area (Å²) in [7, 11) is 1.44. The molecule has 0 saturated heterocycles. The molecule has 0 radical (unpaired) electrons. The summed E-state index contributed by atoms with van der Waals surface area (Å²) in [6.07, 6.45) is 1.49. The van der Waals surface area contributed by atoms with Crippen LogP contribution in [0, 0.1) is 0 Å². The van der Waals surface area contributed by atoms with E-state index in [9.17, 15) is 14.4 Å². The molecule has 3 amide bonds. The van der Waals surface area contributed by atoms with Crippen molar-refractivity contribution in [3.63, 3.8) is 0 Å². The summed E-state index contributed by atoms with van der Waals surface area (Å²) >= 11 is 3.45. The van der Waals surface area contributed by atoms with Gasteiger partial charge >= 0.3 is 12.0 Å². The van der Waals surface area contributed by atoms with E-state index < -0.39 is 23.9 Å². The molecule has 43 heavy (non-hydrogen) atoms. The second-order valence-corrected chi connectivity index (χ2v) is 10.2. The molecular formula is C31H31BrN4O7. The molecule has 0 saturated carbocycles. The molecule has 0 aromatic heterocycles. The molecule has 0 spiro atoms. The van der Waals surface area contributed by atoms with Gasteiger partial charge in [-0.2, -0.15) is 5.10 Å². The van der Waals surface area contributed by atoms with Crippen molar-refractivity contribution >= 4 is 40.1 Å². The zero-order chi connectivity index (χ0) is 30.8. The molecule has 12 heteroatoms. The lowest BCUT2D eigenvalue weighted by molar-refractivity contribution is -0.139. The first kappa shape index (κ1) is 31.1. The lowest BCUT2D eigenvalue weighted by Gasteiger charge is -2.28. The number of halogens is 1. The van der Waals surface area contributed by atoms with Crippen LogP contribution in [0.15, 0.2) is 87.6 Å². The number of nitrogens with zero attached hydrogens (tertiary/aromatic N) is 1. The Balaban J connectivity index is 1.39. The van der Waals surface area contributed by atoms with Crippen molar-refractivity contribution in [3.8, 4) is 17.2 Å². The SMILES string of the molecule is CCOC(=O)C1=C(C)NC(=O)N[C@H]1c1ccc(OCC(=O)N/N=C\c2cc(Br)ccc2OCc2ccccc2)c(OC)c1. The van der Waals surface area contributed by atoms with Crippen molar-refractivity contribution in [1.82, 2.24) is 16.1 Å². The van der Waals surface area contributed by atoms with Gasteiger partial charge in [-0.3, -0.25) is 4.79 Å². The Morgan fingerprint density at radius 1 is 1.02 bits per heavy atom. The molecule has 3 aromatic carbocycles. The normalized spacial score (nSPS) is 14.5. The van der Waals surface area contributed by atoms with Gasteiger partial charge in [0.05, 0.1) is 31.5 Å². The Bertz CT molecular complexity index is 1540. The highest BCUT2D eigenvalue weighted by Crippen LogP contribution is 2.34. The number of nitrogens with one attached hydrogen (secondary N) is 3. The quantitative estimate of drug-likeness (QED) is 0.146. The van der Waals surface area contributed by atoms with E-state index in [1.54, 1.807) is 32.0 Å². The Morgan fingerprint density at radius 2 is 1.79 bits per heavy atom. The number of carbonyl (C=O) groups excluding carboxylic acids is 3. The molecule has 0 aliphatic carbocycles. The predicted octanol–water partition coefficient (Wildman–Crippen LogP) is 4.76. The monoisotopic (exact) mass is 650 g/mol. The summed E-state index contributed by atoms with van der Waals surface area (Å²) in [5, 5.41) is 9.38. The minimum Gasteiger partial charge on any atom is -0.493 e. The van der Waals surface area contributed by atoms with E-state index >= 15 is 0 Å². The molecule has 0 bridgehead atoms. The van der Waals surface area contributed by atoms with Gasteiger partial charge in [-0.15, -0.1) is 0 Å². The maximum atomic E-state index is 12.6. The smallest absolute Gasteiger partial charge is 0.338 e. The maximum Gasteiger partial charge on any atom is 0.338 e. The van der Waals surface area contributed by atoms with E-state index in [4.69, 9.17) is 18.9 Å². The summed E-state index contributed by atoms with van der Waals surface area (Å²) in [6, 6.07) is 18.9. The number of benzene rings is 3. The zero-order valence-electron chi connectivity index (χ0n) is 23.8. The van der Waals surface area contributed by atoms with Crippen molar-refractivity contribution in [2.75, 3.05) is 20.3 Å². The largest absolute Gasteiger partial charge is 0.493 e. The highest BCUT2D eigenvalue weighted by molar-refractivity contribution is 9.10. The fourth-order valence-electron chi connectivity index (χ4n) is 4.24. The molecule has 1 aliphatic heterocycles. The van der Waals surface area contributed by atoms with Crippen molar-refractivity contribution < 1.29 is 33.3 Å². The second-order valence-electron chi connectivity index (χ2n) is 9.24. The first-order valence-corrected chi connectivity index (χ1v) is 14.1. The summed E-state index contributed by atoms with van der Waals surface area (Å²) in [5.74, 6) is 0.140. The standard InChI is InChI=1S/C31H31BrN4O7/c1-4-41-30(38)28-19(2)34-31(39)35-29(28)21-10-12-25(26(15-21)40-3)43-18-27(37)36-33-16-22-14-23(32)11-13-24(22)42-17-20-8-6-5-7-9-20/h5-16,29H,4,17-18H2,1-3H3,(H,36,37)(H2,34,35,39)/b33-16-/t29-/m0/s1. The van der Waals surface area contributed by atoms with Gasteiger partial charge in [0.1, 0.15) is 12.4 Å². The van der Waals surface area contributed by atoms with Gasteiger partial charge in [-0.1, -0.05) is 52.3 Å². The summed E-state index contributed by atoms with van der Waals surface area (Å²) in [6.45, 7) is 3.55. The van der Waals surface area contributed by atoms with E-state index in [1.807, 2.05) is 48.5 Å². The third-order valence-corrected chi connectivity index (χ3v) is 6.74. The molecule has 11 nitrogen and oxygen atoms in total. The van der Waals surface area contributed by atoms with E-state index in [0.29, 0.717) is 34.9 Å². The van der Waals surface area contributed by atoms with Crippen LogP contribution in [-0.2, 0) is 20.9 Å². The van der Waals surface area contributed by atoms with Crippen LogP contribution < -0.4 is 30.3 Å². The minimum atomic E-state index is -0.770. The average molecular weight is 652 g/mol. The first-order chi connectivity index (χ1) is 20.8. The van der Waals surface area contributed by atoms with Crippen LogP contribution in [0.2, 0.25) is 0 Å². The summed E-state index contributed by atoms with van der Waals surface area (Å²) < 4.78 is 23.1. The zero-order valence-corrected chi connectivity index (χ0v) is 25.4. The Morgan fingerprint density at radius 3 is 2.53 bits per heavy atom. The van der Waals surface area contributed by atoms with Gasteiger partial charge < -0.3 is 29.6 Å². The second kappa shape index (κ2) is 14.9. The van der Waals surface area contributed by atoms with E-state index in [0.717, 1.165) is 10.0 Å². The fraction of sp³-hybridized carbons (Fsp3) is 0.226. The maximum absolute atomic E-state index is 12.6. The number of esters is 1. The topological polar surface area (TPSA) is 137 Å². The summed E-state index contributed by atoms with van der Waals surface area (Å²) in [5.41, 5.74) is 5.36. The molecule has 1 heterocycles. The molecular weight excluding hydrogens is 620 g/mol. The van der Waals surface area contributed by atoms with E-state index in [1.165, 1.54) is 13.3 Å². The Labute approximate surface area is 257 Å². The van der Waals surface area contributed by atoms with E-state index in [-0.39, 0.29) is 24.5 Å². The predicted molar refractivity (Wildman–Crippen MR) is 163 cm³/mol. The Kier molecular flexibility index (Phi) is 10.8. The highest BCUT2D eigenvalue weighted by Gasteiger charge is 2.32. The number of rotatable bonds is 12. The number of hydrogen-bond acceptors (Lipinski definition) is 8. The lowest BCUT2D eigenvalue weighted by atomic mass is 9.95. The van der Waals surface area contributed by atoms with Gasteiger partial charge in [0.15, 0.2) is 18.1 Å². The number of ether oxygens (including phenoxy) is 4. The highest BCUT2D eigenvalue weighted by atomic mass is 79.9. The number of hydrogen-bond donors (Lipinski definition) is 3. The molecule has 1 aliphatic rings. The van der Waals surface area contributed by atoms with Crippen molar-refractivity contribution in [2.45, 2.75) is 26.5 Å². The number of carbonyl (C=O) groups is 3. The first-order valence-electron chi connectivity index (χ1n) is 13.3. The molecule has 3 N–H and O–H groups in total. The molecule has 1 atom stereocenters. The average Bonchev–Trinajstić information content (AvgIpc) is 2.99. The van der Waals surface area contributed by atoms with Crippen LogP contribution in [-0.4, -0.2) is 44.4 Å².